The van der Waals surface area contributed by atoms with E-state index in [9.17, 15) is 9.59 Å². The zero-order valence-corrected chi connectivity index (χ0v) is 17.6. The van der Waals surface area contributed by atoms with Gasteiger partial charge in [-0.25, -0.2) is 4.79 Å². The third-order valence-electron chi connectivity index (χ3n) is 5.30. The van der Waals surface area contributed by atoms with E-state index in [2.05, 4.69) is 21.2 Å². The van der Waals surface area contributed by atoms with Crippen molar-refractivity contribution in [3.8, 4) is 0 Å². The number of thiophene rings is 1. The minimum atomic E-state index is -0.366. The minimum Gasteiger partial charge on any atom is -0.459 e. The number of esters is 1. The van der Waals surface area contributed by atoms with Crippen molar-refractivity contribution in [1.82, 2.24) is 5.32 Å². The number of Topliss-reactive ketones (excluding diaryl/α,β-unsaturated/α-hetero) is 1. The van der Waals surface area contributed by atoms with Crippen LogP contribution in [0.2, 0.25) is 0 Å². The Labute approximate surface area is 170 Å². The maximum absolute atomic E-state index is 13.0. The lowest BCUT2D eigenvalue weighted by molar-refractivity contribution is -0.142. The molecule has 1 fully saturated rings. The molecule has 7 heteroatoms. The molecule has 0 saturated carbocycles. The van der Waals surface area contributed by atoms with Crippen molar-refractivity contribution in [2.75, 3.05) is 13.2 Å². The van der Waals surface area contributed by atoms with Gasteiger partial charge < -0.3 is 14.8 Å². The number of halogens is 1. The molecule has 5 nitrogen and oxygen atoms in total. The number of ether oxygens (including phenoxy) is 2. The summed E-state index contributed by atoms with van der Waals surface area (Å²) in [4.78, 5) is 26.8. The molecule has 27 heavy (non-hydrogen) atoms. The van der Waals surface area contributed by atoms with Gasteiger partial charge in [0.05, 0.1) is 21.4 Å². The van der Waals surface area contributed by atoms with Gasteiger partial charge in [-0.3, -0.25) is 4.79 Å². The fraction of sp³-hybridized carbons (Fsp3) is 0.500. The Morgan fingerprint density at radius 1 is 1.37 bits per heavy atom. The van der Waals surface area contributed by atoms with Crippen molar-refractivity contribution in [2.45, 2.75) is 51.0 Å². The standard InChI is InChI=1S/C20H22BrNO4S/c1-11-17(20(24)26-10-12-4-3-9-25-12)19(15-7-8-16(21)27-15)18-13(22-11)5-2-6-14(18)23/h7-8,12,19,22H,2-6,9-10H2,1H3/t12-,19-/m1/s1. The van der Waals surface area contributed by atoms with Gasteiger partial charge in [0, 0.05) is 34.9 Å². The van der Waals surface area contributed by atoms with Crippen molar-refractivity contribution < 1.29 is 19.1 Å². The number of rotatable bonds is 4. The van der Waals surface area contributed by atoms with E-state index in [1.165, 1.54) is 0 Å². The molecular formula is C20H22BrNO4S. The third-order valence-corrected chi connectivity index (χ3v) is 6.99. The van der Waals surface area contributed by atoms with Gasteiger partial charge in [0.15, 0.2) is 5.78 Å². The van der Waals surface area contributed by atoms with Crippen molar-refractivity contribution in [2.24, 2.45) is 0 Å². The van der Waals surface area contributed by atoms with Gasteiger partial charge in [-0.15, -0.1) is 11.3 Å². The summed E-state index contributed by atoms with van der Waals surface area (Å²) < 4.78 is 12.1. The summed E-state index contributed by atoms with van der Waals surface area (Å²) >= 11 is 5.06. The van der Waals surface area contributed by atoms with Crippen LogP contribution in [0, 0.1) is 0 Å². The molecule has 2 atom stereocenters. The zero-order valence-electron chi connectivity index (χ0n) is 15.2. The van der Waals surface area contributed by atoms with Gasteiger partial charge in [0.2, 0.25) is 0 Å². The normalized spacial score (nSPS) is 25.5. The average Bonchev–Trinajstić information content (AvgIpc) is 3.30. The van der Waals surface area contributed by atoms with Crippen molar-refractivity contribution in [1.29, 1.82) is 0 Å². The van der Waals surface area contributed by atoms with Crippen molar-refractivity contribution in [3.63, 3.8) is 0 Å². The highest BCUT2D eigenvalue weighted by atomic mass is 79.9. The van der Waals surface area contributed by atoms with E-state index in [4.69, 9.17) is 9.47 Å². The smallest absolute Gasteiger partial charge is 0.336 e. The molecule has 0 unspecified atom stereocenters. The second kappa shape index (κ2) is 7.89. The Morgan fingerprint density at radius 3 is 2.93 bits per heavy atom. The summed E-state index contributed by atoms with van der Waals surface area (Å²) in [5.74, 6) is -0.604. The van der Waals surface area contributed by atoms with Gasteiger partial charge in [-0.1, -0.05) is 0 Å². The molecule has 1 saturated heterocycles. The highest BCUT2D eigenvalue weighted by Gasteiger charge is 2.40. The molecule has 0 aromatic carbocycles. The summed E-state index contributed by atoms with van der Waals surface area (Å²) in [5.41, 5.74) is 2.99. The van der Waals surface area contributed by atoms with Gasteiger partial charge in [0.25, 0.3) is 0 Å². The van der Waals surface area contributed by atoms with Gasteiger partial charge in [0.1, 0.15) is 6.61 Å². The predicted molar refractivity (Wildman–Crippen MR) is 106 cm³/mol. The van der Waals surface area contributed by atoms with E-state index >= 15 is 0 Å². The molecule has 2 aliphatic heterocycles. The monoisotopic (exact) mass is 451 g/mol. The van der Waals surface area contributed by atoms with E-state index in [0.29, 0.717) is 12.0 Å². The van der Waals surface area contributed by atoms with Crippen molar-refractivity contribution >= 4 is 39.0 Å². The highest BCUT2D eigenvalue weighted by Crippen LogP contribution is 2.45. The number of nitrogens with one attached hydrogen (secondary N) is 1. The number of hydrogen-bond acceptors (Lipinski definition) is 6. The van der Waals surface area contributed by atoms with E-state index < -0.39 is 0 Å². The molecule has 3 heterocycles. The van der Waals surface area contributed by atoms with Crippen LogP contribution in [0.4, 0.5) is 0 Å². The van der Waals surface area contributed by atoms with Crippen LogP contribution >= 0.6 is 27.3 Å². The molecular weight excluding hydrogens is 430 g/mol. The first kappa shape index (κ1) is 18.9. The van der Waals surface area contributed by atoms with Crippen LogP contribution in [0.5, 0.6) is 0 Å². The summed E-state index contributed by atoms with van der Waals surface area (Å²) in [6, 6.07) is 3.94. The van der Waals surface area contributed by atoms with Crippen LogP contribution in [0.25, 0.3) is 0 Å². The van der Waals surface area contributed by atoms with Crippen LogP contribution in [-0.2, 0) is 19.1 Å². The molecule has 0 spiro atoms. The molecule has 3 aliphatic rings. The lowest BCUT2D eigenvalue weighted by atomic mass is 9.78. The Kier molecular flexibility index (Phi) is 5.53. The summed E-state index contributed by atoms with van der Waals surface area (Å²) in [7, 11) is 0. The number of hydrogen-bond donors (Lipinski definition) is 1. The summed E-state index contributed by atoms with van der Waals surface area (Å²) in [6.07, 6.45) is 4.10. The van der Waals surface area contributed by atoms with Crippen LogP contribution in [0.3, 0.4) is 0 Å². The van der Waals surface area contributed by atoms with Crippen LogP contribution in [0.15, 0.2) is 38.5 Å². The number of allylic oxidation sites excluding steroid dienone is 3. The topological polar surface area (TPSA) is 64.6 Å². The summed E-state index contributed by atoms with van der Waals surface area (Å²) in [6.45, 7) is 2.87. The first-order valence-electron chi connectivity index (χ1n) is 9.32. The van der Waals surface area contributed by atoms with E-state index in [0.717, 1.165) is 57.9 Å². The lowest BCUT2D eigenvalue weighted by Gasteiger charge is -2.33. The first-order chi connectivity index (χ1) is 13.0. The van der Waals surface area contributed by atoms with Crippen LogP contribution in [0.1, 0.15) is 49.8 Å². The molecule has 0 bridgehead atoms. The molecule has 0 amide bonds. The molecule has 0 radical (unpaired) electrons. The van der Waals surface area contributed by atoms with E-state index in [1.54, 1.807) is 11.3 Å². The quantitative estimate of drug-likeness (QED) is 0.694. The second-order valence-corrected chi connectivity index (χ2v) is 9.64. The maximum Gasteiger partial charge on any atom is 0.336 e. The first-order valence-corrected chi connectivity index (χ1v) is 10.9. The van der Waals surface area contributed by atoms with E-state index in [-0.39, 0.29) is 30.4 Å². The Bertz CT molecular complexity index is 835. The maximum atomic E-state index is 13.0. The summed E-state index contributed by atoms with van der Waals surface area (Å²) in [5, 5.41) is 3.31. The fourth-order valence-electron chi connectivity index (χ4n) is 4.04. The second-order valence-electron chi connectivity index (χ2n) is 7.14. The van der Waals surface area contributed by atoms with Gasteiger partial charge >= 0.3 is 5.97 Å². The lowest BCUT2D eigenvalue weighted by Crippen LogP contribution is -2.34. The average molecular weight is 452 g/mol. The zero-order chi connectivity index (χ0) is 19.0. The Morgan fingerprint density at radius 2 is 2.22 bits per heavy atom. The number of ketones is 1. The highest BCUT2D eigenvalue weighted by molar-refractivity contribution is 9.11. The minimum absolute atomic E-state index is 0.0215. The number of dihydropyridines is 1. The number of carbonyl (C=O) groups excluding carboxylic acids is 2. The molecule has 144 valence electrons. The Balaban J connectivity index is 1.67. The van der Waals surface area contributed by atoms with Gasteiger partial charge in [-0.05, 0) is 60.7 Å². The molecule has 1 N–H and O–H groups in total. The SMILES string of the molecule is CC1=C(C(=O)OC[C@H]2CCCO2)[C@@H](c2ccc(Br)s2)C2=C(CCCC2=O)N1. The van der Waals surface area contributed by atoms with Gasteiger partial charge in [-0.2, -0.15) is 0 Å². The molecule has 1 aromatic rings. The fourth-order valence-corrected chi connectivity index (χ4v) is 5.59. The third kappa shape index (κ3) is 3.77. The van der Waals surface area contributed by atoms with E-state index in [1.807, 2.05) is 19.1 Å². The molecule has 1 aromatic heterocycles. The predicted octanol–water partition coefficient (Wildman–Crippen LogP) is 4.20. The Hall–Kier alpha value is -1.44. The molecule has 4 rings (SSSR count). The largest absolute Gasteiger partial charge is 0.459 e. The van der Waals surface area contributed by atoms with Crippen LogP contribution in [-0.4, -0.2) is 31.1 Å². The van der Waals surface area contributed by atoms with Crippen LogP contribution < -0.4 is 5.32 Å². The number of carbonyl (C=O) groups is 2. The van der Waals surface area contributed by atoms with Crippen molar-refractivity contribution in [3.05, 3.63) is 43.3 Å². The molecule has 1 aliphatic carbocycles.